The van der Waals surface area contributed by atoms with E-state index in [1.165, 1.54) is 12.1 Å². The average Bonchev–Trinajstić information content (AvgIpc) is 3.41. The second-order valence-electron chi connectivity index (χ2n) is 6.09. The van der Waals surface area contributed by atoms with Gasteiger partial charge in [0.05, 0.1) is 11.6 Å². The zero-order valence-electron chi connectivity index (χ0n) is 13.4. The summed E-state index contributed by atoms with van der Waals surface area (Å²) in [4.78, 5) is 24.0. The zero-order chi connectivity index (χ0) is 17.9. The van der Waals surface area contributed by atoms with Gasteiger partial charge in [0.25, 0.3) is 0 Å². The van der Waals surface area contributed by atoms with Crippen molar-refractivity contribution in [1.82, 2.24) is 5.32 Å². The number of amides is 2. The van der Waals surface area contributed by atoms with Gasteiger partial charge in [-0.2, -0.15) is 5.26 Å². The van der Waals surface area contributed by atoms with E-state index in [1.54, 1.807) is 36.4 Å². The van der Waals surface area contributed by atoms with Crippen LogP contribution < -0.4 is 10.6 Å². The van der Waals surface area contributed by atoms with Gasteiger partial charge in [0, 0.05) is 17.6 Å². The highest BCUT2D eigenvalue weighted by molar-refractivity contribution is 6.39. The summed E-state index contributed by atoms with van der Waals surface area (Å²) in [6.45, 7) is 0.207. The van der Waals surface area contributed by atoms with Crippen molar-refractivity contribution < 1.29 is 14.0 Å². The van der Waals surface area contributed by atoms with E-state index < -0.39 is 17.2 Å². The second kappa shape index (κ2) is 6.73. The smallest absolute Gasteiger partial charge is 0.313 e. The minimum Gasteiger partial charge on any atom is -0.347 e. The van der Waals surface area contributed by atoms with Crippen molar-refractivity contribution in [3.63, 3.8) is 0 Å². The van der Waals surface area contributed by atoms with Gasteiger partial charge in [-0.25, -0.2) is 4.39 Å². The van der Waals surface area contributed by atoms with Crippen molar-refractivity contribution in [3.8, 4) is 6.07 Å². The molecule has 0 saturated heterocycles. The molecule has 0 bridgehead atoms. The topological polar surface area (TPSA) is 82.0 Å². The first-order chi connectivity index (χ1) is 12.0. The van der Waals surface area contributed by atoms with Crippen molar-refractivity contribution in [3.05, 3.63) is 65.5 Å². The molecule has 2 aromatic carbocycles. The Bertz CT molecular complexity index is 869. The molecule has 6 heteroatoms. The van der Waals surface area contributed by atoms with Crippen LogP contribution in [0.15, 0.2) is 48.5 Å². The number of anilines is 1. The molecular formula is C19H16FN3O2. The van der Waals surface area contributed by atoms with E-state index in [4.69, 9.17) is 5.26 Å². The van der Waals surface area contributed by atoms with Crippen LogP contribution in [0, 0.1) is 17.1 Å². The summed E-state index contributed by atoms with van der Waals surface area (Å²) >= 11 is 0. The largest absolute Gasteiger partial charge is 0.347 e. The van der Waals surface area contributed by atoms with E-state index in [9.17, 15) is 14.0 Å². The molecule has 2 aromatic rings. The van der Waals surface area contributed by atoms with Gasteiger partial charge in [-0.1, -0.05) is 24.3 Å². The molecule has 2 N–H and O–H groups in total. The van der Waals surface area contributed by atoms with Crippen LogP contribution in [-0.4, -0.2) is 18.4 Å². The molecule has 0 unspecified atom stereocenters. The maximum atomic E-state index is 13.9. The maximum Gasteiger partial charge on any atom is 0.313 e. The van der Waals surface area contributed by atoms with Crippen LogP contribution in [0.25, 0.3) is 0 Å². The van der Waals surface area contributed by atoms with E-state index in [0.29, 0.717) is 16.8 Å². The molecule has 1 aliphatic carbocycles. The molecule has 0 heterocycles. The first-order valence-electron chi connectivity index (χ1n) is 7.88. The molecule has 1 saturated carbocycles. The van der Waals surface area contributed by atoms with Crippen LogP contribution in [0.5, 0.6) is 0 Å². The summed E-state index contributed by atoms with van der Waals surface area (Å²) < 4.78 is 13.9. The van der Waals surface area contributed by atoms with E-state index in [2.05, 4.69) is 10.6 Å². The minimum absolute atomic E-state index is 0.207. The lowest BCUT2D eigenvalue weighted by molar-refractivity contribution is -0.136. The predicted molar refractivity (Wildman–Crippen MR) is 90.1 cm³/mol. The molecule has 5 nitrogen and oxygen atoms in total. The normalized spacial score (nSPS) is 14.2. The van der Waals surface area contributed by atoms with Gasteiger partial charge in [-0.3, -0.25) is 9.59 Å². The first kappa shape index (κ1) is 16.7. The van der Waals surface area contributed by atoms with Gasteiger partial charge in [0.15, 0.2) is 0 Å². The number of hydrogen-bond acceptors (Lipinski definition) is 3. The number of rotatable bonds is 4. The Balaban J connectivity index is 1.60. The standard InChI is InChI=1S/C19H16FN3O2/c20-16-7-2-1-6-15(16)19(8-9-19)12-22-17(24)18(25)23-14-5-3-4-13(10-14)11-21/h1-7,10H,8-9,12H2,(H,22,24)(H,23,25). The number of nitrogens with one attached hydrogen (secondary N) is 2. The first-order valence-corrected chi connectivity index (χ1v) is 7.88. The Morgan fingerprint density at radius 3 is 2.56 bits per heavy atom. The number of nitrogens with zero attached hydrogens (tertiary/aromatic N) is 1. The summed E-state index contributed by atoms with van der Waals surface area (Å²) in [5.74, 6) is -1.91. The fourth-order valence-corrected chi connectivity index (χ4v) is 2.77. The molecule has 0 aromatic heterocycles. The van der Waals surface area contributed by atoms with Crippen LogP contribution in [-0.2, 0) is 15.0 Å². The number of benzene rings is 2. The average molecular weight is 337 g/mol. The SMILES string of the molecule is N#Cc1cccc(NC(=O)C(=O)NCC2(c3ccccc3F)CC2)c1. The van der Waals surface area contributed by atoms with Crippen molar-refractivity contribution >= 4 is 17.5 Å². The molecule has 25 heavy (non-hydrogen) atoms. The van der Waals surface area contributed by atoms with Gasteiger partial charge < -0.3 is 10.6 Å². The summed E-state index contributed by atoms with van der Waals surface area (Å²) in [5, 5.41) is 13.9. The molecule has 126 valence electrons. The third-order valence-electron chi connectivity index (χ3n) is 4.34. The summed E-state index contributed by atoms with van der Waals surface area (Å²) in [6.07, 6.45) is 1.53. The molecule has 1 aliphatic rings. The van der Waals surface area contributed by atoms with Crippen LogP contribution in [0.1, 0.15) is 24.0 Å². The summed E-state index contributed by atoms with van der Waals surface area (Å²) in [7, 11) is 0. The van der Waals surface area contributed by atoms with Crippen molar-refractivity contribution in [1.29, 1.82) is 5.26 Å². The van der Waals surface area contributed by atoms with Crippen LogP contribution >= 0.6 is 0 Å². The van der Waals surface area contributed by atoms with Gasteiger partial charge in [0.1, 0.15) is 5.82 Å². The molecular weight excluding hydrogens is 321 g/mol. The lowest BCUT2D eigenvalue weighted by Crippen LogP contribution is -2.39. The third kappa shape index (κ3) is 3.66. The number of carbonyl (C=O) groups excluding carboxylic acids is 2. The zero-order valence-corrected chi connectivity index (χ0v) is 13.4. The fraction of sp³-hybridized carbons (Fsp3) is 0.211. The highest BCUT2D eigenvalue weighted by Gasteiger charge is 2.46. The highest BCUT2D eigenvalue weighted by Crippen LogP contribution is 2.48. The van der Waals surface area contributed by atoms with Gasteiger partial charge in [-0.05, 0) is 42.7 Å². The Hall–Kier alpha value is -3.20. The van der Waals surface area contributed by atoms with Gasteiger partial charge >= 0.3 is 11.8 Å². The lowest BCUT2D eigenvalue weighted by atomic mass is 9.95. The number of hydrogen-bond donors (Lipinski definition) is 2. The molecule has 3 rings (SSSR count). The number of nitriles is 1. The molecule has 0 radical (unpaired) electrons. The Kier molecular flexibility index (Phi) is 4.48. The quantitative estimate of drug-likeness (QED) is 0.841. The molecule has 0 spiro atoms. The Morgan fingerprint density at radius 1 is 1.12 bits per heavy atom. The van der Waals surface area contributed by atoms with E-state index >= 15 is 0 Å². The lowest BCUT2D eigenvalue weighted by Gasteiger charge is -2.17. The van der Waals surface area contributed by atoms with Crippen molar-refractivity contribution in [2.24, 2.45) is 0 Å². The van der Waals surface area contributed by atoms with Crippen LogP contribution in [0.2, 0.25) is 0 Å². The molecule has 0 atom stereocenters. The highest BCUT2D eigenvalue weighted by atomic mass is 19.1. The third-order valence-corrected chi connectivity index (χ3v) is 4.34. The predicted octanol–water partition coefficient (Wildman–Crippen LogP) is 2.48. The summed E-state index contributed by atoms with van der Waals surface area (Å²) in [6, 6.07) is 14.7. The van der Waals surface area contributed by atoms with Crippen LogP contribution in [0.3, 0.4) is 0 Å². The summed E-state index contributed by atoms with van der Waals surface area (Å²) in [5.41, 5.74) is 0.892. The van der Waals surface area contributed by atoms with Crippen molar-refractivity contribution in [2.75, 3.05) is 11.9 Å². The molecule has 2 amide bonds. The minimum atomic E-state index is -0.820. The fourth-order valence-electron chi connectivity index (χ4n) is 2.77. The second-order valence-corrected chi connectivity index (χ2v) is 6.09. The Morgan fingerprint density at radius 2 is 1.88 bits per heavy atom. The van der Waals surface area contributed by atoms with Gasteiger partial charge in [0.2, 0.25) is 0 Å². The Labute approximate surface area is 144 Å². The number of halogens is 1. The number of carbonyl (C=O) groups is 2. The molecule has 0 aliphatic heterocycles. The van der Waals surface area contributed by atoms with E-state index in [-0.39, 0.29) is 12.4 Å². The molecule has 1 fully saturated rings. The van der Waals surface area contributed by atoms with Crippen molar-refractivity contribution in [2.45, 2.75) is 18.3 Å². The van der Waals surface area contributed by atoms with E-state index in [1.807, 2.05) is 6.07 Å². The van der Waals surface area contributed by atoms with E-state index in [0.717, 1.165) is 12.8 Å². The maximum absolute atomic E-state index is 13.9. The monoisotopic (exact) mass is 337 g/mol. The van der Waals surface area contributed by atoms with Crippen LogP contribution in [0.4, 0.5) is 10.1 Å². The van der Waals surface area contributed by atoms with Gasteiger partial charge in [-0.15, -0.1) is 0 Å².